The molecule has 4 aliphatic rings. The van der Waals surface area contributed by atoms with Crippen molar-refractivity contribution in [1.29, 1.82) is 0 Å². The van der Waals surface area contributed by atoms with Crippen LogP contribution in [0.1, 0.15) is 77.6 Å². The highest BCUT2D eigenvalue weighted by molar-refractivity contribution is 5.78. The number of alkyl halides is 3. The molecule has 2 unspecified atom stereocenters. The van der Waals surface area contributed by atoms with Crippen molar-refractivity contribution in [3.63, 3.8) is 0 Å². The molecule has 1 amide bonds. The number of ether oxygens (including phenoxy) is 1. The predicted molar refractivity (Wildman–Crippen MR) is 120 cm³/mol. The number of nitrogens with zero attached hydrogens (tertiary/aromatic N) is 2. The van der Waals surface area contributed by atoms with E-state index >= 15 is 0 Å². The molecule has 5 nitrogen and oxygen atoms in total. The van der Waals surface area contributed by atoms with Gasteiger partial charge in [0.15, 0.2) is 0 Å². The third-order valence-electron chi connectivity index (χ3n) is 8.95. The van der Waals surface area contributed by atoms with Crippen molar-refractivity contribution in [3.8, 4) is 0 Å². The van der Waals surface area contributed by atoms with E-state index in [1.807, 2.05) is 0 Å². The molecule has 0 bridgehead atoms. The molecule has 2 saturated heterocycles. The molecule has 0 aromatic rings. The summed E-state index contributed by atoms with van der Waals surface area (Å²) in [5.41, 5.74) is -1.33. The van der Waals surface area contributed by atoms with Crippen LogP contribution in [-0.4, -0.2) is 78.0 Å². The van der Waals surface area contributed by atoms with Crippen LogP contribution in [0, 0.1) is 17.3 Å². The summed E-state index contributed by atoms with van der Waals surface area (Å²) in [5, 5.41) is 12.0. The monoisotopic (exact) mass is 474 g/mol. The Balaban J connectivity index is 1.42. The number of likely N-dealkylation sites (tertiary alicyclic amines) is 1. The topological polar surface area (TPSA) is 53.0 Å². The summed E-state index contributed by atoms with van der Waals surface area (Å²) >= 11 is 0. The van der Waals surface area contributed by atoms with E-state index < -0.39 is 35.4 Å². The minimum Gasteiger partial charge on any atom is -0.388 e. The van der Waals surface area contributed by atoms with Gasteiger partial charge >= 0.3 is 6.18 Å². The highest BCUT2D eigenvalue weighted by Crippen LogP contribution is 2.51. The van der Waals surface area contributed by atoms with Crippen molar-refractivity contribution < 1.29 is 27.8 Å². The zero-order chi connectivity index (χ0) is 23.7. The van der Waals surface area contributed by atoms with Crippen LogP contribution in [0.25, 0.3) is 0 Å². The number of halogens is 3. The van der Waals surface area contributed by atoms with Gasteiger partial charge in [-0.3, -0.25) is 9.69 Å². The number of hydrogen-bond acceptors (Lipinski definition) is 4. The lowest BCUT2D eigenvalue weighted by Gasteiger charge is -2.54. The van der Waals surface area contributed by atoms with Gasteiger partial charge in [0.25, 0.3) is 0 Å². The van der Waals surface area contributed by atoms with E-state index in [1.165, 1.54) is 39.0 Å². The fourth-order valence-electron chi connectivity index (χ4n) is 7.07. The number of carbonyl (C=O) groups is 1. The molecule has 1 N–H and O–H groups in total. The molecule has 4 fully saturated rings. The molecule has 1 spiro atoms. The Bertz CT molecular complexity index is 676. The summed E-state index contributed by atoms with van der Waals surface area (Å²) in [5.74, 6) is -0.902. The van der Waals surface area contributed by atoms with Gasteiger partial charge in [-0.15, -0.1) is 0 Å². The highest BCUT2D eigenvalue weighted by Gasteiger charge is 2.56. The van der Waals surface area contributed by atoms with E-state index in [0.29, 0.717) is 38.6 Å². The molecule has 0 radical (unpaired) electrons. The van der Waals surface area contributed by atoms with Crippen molar-refractivity contribution in [2.24, 2.45) is 17.3 Å². The lowest BCUT2D eigenvalue weighted by atomic mass is 9.65. The third-order valence-corrected chi connectivity index (χ3v) is 8.95. The average Bonchev–Trinajstić information content (AvgIpc) is 3.25. The van der Waals surface area contributed by atoms with Gasteiger partial charge in [0.1, 0.15) is 0 Å². The molecule has 33 heavy (non-hydrogen) atoms. The zero-order valence-electron chi connectivity index (χ0n) is 20.0. The molecule has 2 aliphatic heterocycles. The molecule has 190 valence electrons. The first-order valence-electron chi connectivity index (χ1n) is 13.0. The Morgan fingerprint density at radius 2 is 1.79 bits per heavy atom. The minimum absolute atomic E-state index is 0.229. The van der Waals surface area contributed by atoms with Crippen molar-refractivity contribution in [2.45, 2.75) is 95.4 Å². The van der Waals surface area contributed by atoms with E-state index in [0.717, 1.165) is 38.8 Å². The van der Waals surface area contributed by atoms with Gasteiger partial charge < -0.3 is 14.7 Å². The van der Waals surface area contributed by atoms with Gasteiger partial charge in [-0.05, 0) is 38.0 Å². The molecule has 2 saturated carbocycles. The normalized spacial score (nSPS) is 32.9. The van der Waals surface area contributed by atoms with Crippen molar-refractivity contribution in [1.82, 2.24) is 9.80 Å². The highest BCUT2D eigenvalue weighted by atomic mass is 19.4. The van der Waals surface area contributed by atoms with E-state index in [4.69, 9.17) is 4.74 Å². The fraction of sp³-hybridized carbons (Fsp3) is 0.960. The van der Waals surface area contributed by atoms with Crippen LogP contribution in [0.15, 0.2) is 0 Å². The van der Waals surface area contributed by atoms with Crippen LogP contribution in [0.4, 0.5) is 13.2 Å². The number of aliphatic hydroxyl groups is 1. The number of carbonyl (C=O) groups excluding carboxylic acids is 1. The first-order valence-corrected chi connectivity index (χ1v) is 13.0. The smallest absolute Gasteiger partial charge is 0.388 e. The van der Waals surface area contributed by atoms with Crippen LogP contribution in [-0.2, 0) is 9.53 Å². The van der Waals surface area contributed by atoms with Crippen LogP contribution >= 0.6 is 0 Å². The van der Waals surface area contributed by atoms with Crippen LogP contribution in [0.2, 0.25) is 0 Å². The molecule has 4 rings (SSSR count). The maximum absolute atomic E-state index is 12.9. The fourth-order valence-corrected chi connectivity index (χ4v) is 7.07. The quantitative estimate of drug-likeness (QED) is 0.643. The van der Waals surface area contributed by atoms with Crippen LogP contribution < -0.4 is 0 Å². The van der Waals surface area contributed by atoms with Gasteiger partial charge in [0.05, 0.1) is 24.7 Å². The Labute approximate surface area is 196 Å². The zero-order valence-corrected chi connectivity index (χ0v) is 20.0. The van der Waals surface area contributed by atoms with Gasteiger partial charge in [-0.1, -0.05) is 39.0 Å². The maximum Gasteiger partial charge on any atom is 0.389 e. The summed E-state index contributed by atoms with van der Waals surface area (Å²) in [6.07, 6.45) is 5.18. The van der Waals surface area contributed by atoms with Crippen molar-refractivity contribution in [3.05, 3.63) is 0 Å². The van der Waals surface area contributed by atoms with Gasteiger partial charge in [-0.25, -0.2) is 0 Å². The molecule has 8 heteroatoms. The lowest BCUT2D eigenvalue weighted by Crippen LogP contribution is -2.65. The Kier molecular flexibility index (Phi) is 7.66. The number of amides is 1. The minimum atomic E-state index is -4.35. The standard InChI is InChI=1S/C25H41F3N2O3/c1-19(15-25(26,27)28)22(31)30-12-11-24(32,23(17-30)9-5-6-10-23)18-29-13-14-33-21(16-29)20-7-3-2-4-8-20/h19-21,32H,2-18H2,1H3/t19-,21?,24?/m1/s1. The first-order chi connectivity index (χ1) is 15.6. The van der Waals surface area contributed by atoms with E-state index in [2.05, 4.69) is 4.90 Å². The first kappa shape index (κ1) is 25.2. The molecule has 2 aliphatic carbocycles. The van der Waals surface area contributed by atoms with Gasteiger partial charge in [0, 0.05) is 44.1 Å². The van der Waals surface area contributed by atoms with Gasteiger partial charge in [0.2, 0.25) is 5.91 Å². The van der Waals surface area contributed by atoms with Crippen LogP contribution in [0.5, 0.6) is 0 Å². The van der Waals surface area contributed by atoms with Crippen molar-refractivity contribution >= 4 is 5.91 Å². The summed E-state index contributed by atoms with van der Waals surface area (Å²) in [4.78, 5) is 16.8. The second-order valence-corrected chi connectivity index (χ2v) is 11.3. The Hall–Kier alpha value is -0.860. The largest absolute Gasteiger partial charge is 0.389 e. The second kappa shape index (κ2) is 10.0. The number of piperidine rings is 1. The summed E-state index contributed by atoms with van der Waals surface area (Å²) in [6, 6.07) is 0. The number of morpholine rings is 1. The Morgan fingerprint density at radius 3 is 2.45 bits per heavy atom. The number of hydrogen-bond donors (Lipinski definition) is 1. The second-order valence-electron chi connectivity index (χ2n) is 11.3. The Morgan fingerprint density at radius 1 is 1.09 bits per heavy atom. The van der Waals surface area contributed by atoms with E-state index in [1.54, 1.807) is 4.90 Å². The SMILES string of the molecule is C[C@H](CC(F)(F)F)C(=O)N1CCC(O)(CN2CCOC(C3CCCCC3)C2)C2(CCCC2)C1. The number of rotatable bonds is 5. The van der Waals surface area contributed by atoms with E-state index in [-0.39, 0.29) is 6.10 Å². The van der Waals surface area contributed by atoms with Gasteiger partial charge in [-0.2, -0.15) is 13.2 Å². The molecule has 0 aromatic heterocycles. The molecule has 3 atom stereocenters. The van der Waals surface area contributed by atoms with E-state index in [9.17, 15) is 23.1 Å². The summed E-state index contributed by atoms with van der Waals surface area (Å²) in [6.45, 7) is 4.97. The molecule has 0 aromatic carbocycles. The maximum atomic E-state index is 12.9. The van der Waals surface area contributed by atoms with Crippen LogP contribution in [0.3, 0.4) is 0 Å². The number of β-amino-alcohol motifs (C(OH)–C–C–N with tert-alkyl or cyclic N) is 1. The lowest BCUT2D eigenvalue weighted by molar-refractivity contribution is -0.177. The third kappa shape index (κ3) is 5.69. The molecular weight excluding hydrogens is 433 g/mol. The summed E-state index contributed by atoms with van der Waals surface area (Å²) < 4.78 is 44.7. The molecule has 2 heterocycles. The summed E-state index contributed by atoms with van der Waals surface area (Å²) in [7, 11) is 0. The average molecular weight is 475 g/mol. The predicted octanol–water partition coefficient (Wildman–Crippen LogP) is 4.38. The molecular formula is C25H41F3N2O3. The van der Waals surface area contributed by atoms with Crippen molar-refractivity contribution in [2.75, 3.05) is 39.3 Å².